The molecule has 138 valence electrons. The Hall–Kier alpha value is -2.91. The van der Waals surface area contributed by atoms with Gasteiger partial charge in [-0.1, -0.05) is 24.0 Å². The summed E-state index contributed by atoms with van der Waals surface area (Å²) < 4.78 is 24.3. The summed E-state index contributed by atoms with van der Waals surface area (Å²) in [4.78, 5) is 16.1. The lowest BCUT2D eigenvalue weighted by Gasteiger charge is -2.18. The maximum Gasteiger partial charge on any atom is 0.408 e. The van der Waals surface area contributed by atoms with Gasteiger partial charge < -0.3 is 14.8 Å². The van der Waals surface area contributed by atoms with E-state index in [9.17, 15) is 9.18 Å². The highest BCUT2D eigenvalue weighted by atomic mass is 19.1. The van der Waals surface area contributed by atoms with E-state index in [0.717, 1.165) is 37.2 Å². The molecule has 0 spiro atoms. The number of rotatable bonds is 2. The molecule has 1 aromatic heterocycles. The van der Waals surface area contributed by atoms with Crippen molar-refractivity contribution in [2.75, 3.05) is 13.2 Å². The first-order valence-corrected chi connectivity index (χ1v) is 8.96. The van der Waals surface area contributed by atoms with Gasteiger partial charge in [-0.15, -0.1) is 0 Å². The quantitative estimate of drug-likeness (QED) is 0.826. The number of carbonyl (C=O) groups is 1. The zero-order valence-electron chi connectivity index (χ0n) is 14.7. The average molecular weight is 366 g/mol. The van der Waals surface area contributed by atoms with Crippen LogP contribution in [0.4, 0.5) is 9.18 Å². The highest BCUT2D eigenvalue weighted by Gasteiger charge is 2.36. The number of pyridine rings is 1. The molecule has 2 unspecified atom stereocenters. The number of carbonyl (C=O) groups excluding carboxylic acids is 1. The Morgan fingerprint density at radius 2 is 2.00 bits per heavy atom. The number of hydrogen-bond donors (Lipinski definition) is 1. The predicted octanol–water partition coefficient (Wildman–Crippen LogP) is 3.52. The first kappa shape index (κ1) is 17.5. The Kier molecular flexibility index (Phi) is 5.03. The van der Waals surface area contributed by atoms with Gasteiger partial charge in [-0.05, 0) is 42.2 Å². The molecule has 2 aromatic rings. The Labute approximate surface area is 156 Å². The second-order valence-corrected chi connectivity index (χ2v) is 6.67. The van der Waals surface area contributed by atoms with Gasteiger partial charge in [0.15, 0.2) is 6.10 Å². The van der Waals surface area contributed by atoms with E-state index in [1.807, 2.05) is 6.07 Å². The summed E-state index contributed by atoms with van der Waals surface area (Å²) in [5, 5.41) is 2.78. The van der Waals surface area contributed by atoms with E-state index in [1.165, 1.54) is 12.1 Å². The summed E-state index contributed by atoms with van der Waals surface area (Å²) in [6, 6.07) is 7.52. The van der Waals surface area contributed by atoms with Crippen LogP contribution in [0.3, 0.4) is 0 Å². The van der Waals surface area contributed by atoms with Gasteiger partial charge in [0.05, 0.1) is 0 Å². The van der Waals surface area contributed by atoms with Crippen LogP contribution in [0.15, 0.2) is 42.7 Å². The number of aromatic nitrogens is 1. The third kappa shape index (κ3) is 4.09. The van der Waals surface area contributed by atoms with Crippen molar-refractivity contribution in [1.29, 1.82) is 0 Å². The molecule has 0 bridgehead atoms. The highest BCUT2D eigenvalue weighted by Crippen LogP contribution is 2.36. The number of nitrogens with one attached hydrogen (secondary N) is 1. The lowest BCUT2D eigenvalue weighted by atomic mass is 9.96. The largest absolute Gasteiger partial charge is 0.439 e. The molecule has 27 heavy (non-hydrogen) atoms. The molecule has 1 aromatic carbocycles. The number of alkyl carbamates (subject to hydrolysis) is 1. The maximum atomic E-state index is 13.6. The lowest BCUT2D eigenvalue weighted by molar-refractivity contribution is 0.0807. The average Bonchev–Trinajstić information content (AvgIpc) is 3.09. The van der Waals surface area contributed by atoms with Crippen LogP contribution in [-0.2, 0) is 9.47 Å². The van der Waals surface area contributed by atoms with Crippen LogP contribution < -0.4 is 5.32 Å². The Morgan fingerprint density at radius 3 is 2.81 bits per heavy atom. The molecule has 2 aliphatic heterocycles. The number of benzene rings is 1. The fourth-order valence-electron chi connectivity index (χ4n) is 3.35. The molecule has 0 radical (unpaired) electrons. The van der Waals surface area contributed by atoms with Crippen LogP contribution in [0.1, 0.15) is 41.7 Å². The molecular formula is C21H19FN2O3. The van der Waals surface area contributed by atoms with Gasteiger partial charge in [0.1, 0.15) is 11.9 Å². The van der Waals surface area contributed by atoms with Crippen molar-refractivity contribution >= 4 is 6.09 Å². The fraction of sp³-hybridized carbons (Fsp3) is 0.333. The van der Waals surface area contributed by atoms with Gasteiger partial charge in [0.25, 0.3) is 0 Å². The summed E-state index contributed by atoms with van der Waals surface area (Å²) in [5.74, 6) is 6.41. The van der Waals surface area contributed by atoms with Crippen molar-refractivity contribution in [3.63, 3.8) is 0 Å². The first-order chi connectivity index (χ1) is 13.2. The van der Waals surface area contributed by atoms with Crippen LogP contribution in [0, 0.1) is 23.6 Å². The number of halogens is 1. The Morgan fingerprint density at radius 1 is 1.15 bits per heavy atom. The number of cyclic esters (lactones) is 1. The van der Waals surface area contributed by atoms with Crippen LogP contribution in [0.2, 0.25) is 0 Å². The molecule has 3 heterocycles. The zero-order chi connectivity index (χ0) is 18.6. The van der Waals surface area contributed by atoms with E-state index in [0.29, 0.717) is 11.5 Å². The summed E-state index contributed by atoms with van der Waals surface area (Å²) in [5.41, 5.74) is 2.14. The molecule has 1 N–H and O–H groups in total. The van der Waals surface area contributed by atoms with Crippen LogP contribution in [-0.4, -0.2) is 24.3 Å². The van der Waals surface area contributed by atoms with E-state index in [-0.39, 0.29) is 5.82 Å². The third-order valence-corrected chi connectivity index (χ3v) is 4.75. The molecule has 2 atom stereocenters. The topological polar surface area (TPSA) is 60.5 Å². The van der Waals surface area contributed by atoms with E-state index in [1.54, 1.807) is 24.5 Å². The van der Waals surface area contributed by atoms with E-state index < -0.39 is 18.2 Å². The molecule has 2 saturated heterocycles. The molecule has 0 aliphatic carbocycles. The molecule has 6 heteroatoms. The minimum atomic E-state index is -0.617. The molecule has 2 aliphatic rings. The molecule has 1 amide bonds. The van der Waals surface area contributed by atoms with E-state index >= 15 is 0 Å². The molecule has 0 saturated carbocycles. The number of nitrogens with zero attached hydrogens (tertiary/aromatic N) is 1. The van der Waals surface area contributed by atoms with Crippen LogP contribution in [0.5, 0.6) is 0 Å². The maximum absolute atomic E-state index is 13.6. The minimum Gasteiger partial charge on any atom is -0.439 e. The van der Waals surface area contributed by atoms with Crippen molar-refractivity contribution in [3.8, 4) is 11.8 Å². The second kappa shape index (κ2) is 7.77. The highest BCUT2D eigenvalue weighted by molar-refractivity contribution is 5.71. The normalized spacial score (nSPS) is 22.5. The fourth-order valence-corrected chi connectivity index (χ4v) is 3.35. The molecule has 2 fully saturated rings. The molecule has 4 rings (SSSR count). The van der Waals surface area contributed by atoms with Gasteiger partial charge in [-0.3, -0.25) is 4.98 Å². The minimum absolute atomic E-state index is 0.331. The second-order valence-electron chi connectivity index (χ2n) is 6.67. The predicted molar refractivity (Wildman–Crippen MR) is 96.2 cm³/mol. The standard InChI is InChI=1S/C21H19FN2O3/c22-18-3-1-2-16(11-18)20-19(24-21(25)27-20)17-10-15(12-23-13-17)5-4-14-6-8-26-9-7-14/h1-3,10-14,19-20H,6-9H2,(H,24,25). The number of amides is 1. The summed E-state index contributed by atoms with van der Waals surface area (Å²) in [6.07, 6.45) is 4.10. The van der Waals surface area contributed by atoms with Crippen molar-refractivity contribution in [2.45, 2.75) is 25.0 Å². The van der Waals surface area contributed by atoms with Crippen molar-refractivity contribution in [3.05, 3.63) is 65.2 Å². The SMILES string of the molecule is O=C1NC(c2cncc(C#CC3CCOCC3)c2)C(c2cccc(F)c2)O1. The first-order valence-electron chi connectivity index (χ1n) is 8.96. The van der Waals surface area contributed by atoms with E-state index in [2.05, 4.69) is 22.1 Å². The van der Waals surface area contributed by atoms with Crippen LogP contribution >= 0.6 is 0 Å². The van der Waals surface area contributed by atoms with Crippen LogP contribution in [0.25, 0.3) is 0 Å². The van der Waals surface area contributed by atoms with Gasteiger partial charge >= 0.3 is 6.09 Å². The number of ether oxygens (including phenoxy) is 2. The van der Waals surface area contributed by atoms with Gasteiger partial charge in [-0.25, -0.2) is 9.18 Å². The number of hydrogen-bond acceptors (Lipinski definition) is 4. The summed E-state index contributed by atoms with van der Waals surface area (Å²) in [7, 11) is 0. The summed E-state index contributed by atoms with van der Waals surface area (Å²) in [6.45, 7) is 1.50. The molecule has 5 nitrogen and oxygen atoms in total. The Bertz CT molecular complexity index is 900. The third-order valence-electron chi connectivity index (χ3n) is 4.75. The zero-order valence-corrected chi connectivity index (χ0v) is 14.7. The van der Waals surface area contributed by atoms with E-state index in [4.69, 9.17) is 9.47 Å². The van der Waals surface area contributed by atoms with Crippen molar-refractivity contribution < 1.29 is 18.7 Å². The van der Waals surface area contributed by atoms with Crippen molar-refractivity contribution in [1.82, 2.24) is 10.3 Å². The van der Waals surface area contributed by atoms with Gasteiger partial charge in [0, 0.05) is 37.1 Å². The summed E-state index contributed by atoms with van der Waals surface area (Å²) >= 11 is 0. The smallest absolute Gasteiger partial charge is 0.408 e. The van der Waals surface area contributed by atoms with Gasteiger partial charge in [-0.2, -0.15) is 0 Å². The molecular weight excluding hydrogens is 347 g/mol. The Balaban J connectivity index is 1.58. The van der Waals surface area contributed by atoms with Gasteiger partial charge in [0.2, 0.25) is 0 Å². The van der Waals surface area contributed by atoms with Crippen molar-refractivity contribution in [2.24, 2.45) is 5.92 Å². The lowest BCUT2D eigenvalue weighted by Crippen LogP contribution is -2.20. The monoisotopic (exact) mass is 366 g/mol.